The van der Waals surface area contributed by atoms with Crippen molar-refractivity contribution in [1.29, 1.82) is 0 Å². The molecule has 0 spiro atoms. The molecule has 0 radical (unpaired) electrons. The Labute approximate surface area is 280 Å². The average Bonchev–Trinajstić information content (AvgIpc) is 3.64. The first-order chi connectivity index (χ1) is 23.4. The van der Waals surface area contributed by atoms with Gasteiger partial charge in [0.15, 0.2) is 5.84 Å². The minimum absolute atomic E-state index is 0.145. The lowest BCUT2D eigenvalue weighted by Crippen LogP contribution is -2.18. The van der Waals surface area contributed by atoms with Crippen LogP contribution < -0.4 is 10.2 Å². The number of hydrogen-bond acceptors (Lipinski definition) is 6. The Morgan fingerprint density at radius 1 is 1.08 bits per heavy atom. The first-order valence-corrected chi connectivity index (χ1v) is 17.2. The second-order valence-electron chi connectivity index (χ2n) is 12.2. The van der Waals surface area contributed by atoms with Crippen LogP contribution in [0.5, 0.6) is 5.75 Å². The van der Waals surface area contributed by atoms with Crippen molar-refractivity contribution in [3.63, 3.8) is 0 Å². The topological polar surface area (TPSA) is 115 Å². The fourth-order valence-electron chi connectivity index (χ4n) is 6.61. The molecule has 1 aliphatic heterocycles. The number of hydroxylamine groups is 1. The van der Waals surface area contributed by atoms with E-state index in [1.165, 1.54) is 11.6 Å². The van der Waals surface area contributed by atoms with Crippen LogP contribution in [0.15, 0.2) is 94.9 Å². The zero-order chi connectivity index (χ0) is 33.2. The lowest BCUT2D eigenvalue weighted by Gasteiger charge is -2.26. The van der Waals surface area contributed by atoms with Gasteiger partial charge in [0.25, 0.3) is 0 Å². The van der Waals surface area contributed by atoms with E-state index in [4.69, 9.17) is 14.0 Å². The number of benzene rings is 3. The van der Waals surface area contributed by atoms with Crippen molar-refractivity contribution >= 4 is 39.7 Å². The molecule has 11 heteroatoms. The SMILES string of the molecule is CCc1ccc(C2=CC=C(C3=NS(=O)ON3)C=CC2COc2ccc(-c3nc4cc(C(=O)O)ccc4n3C3CCCCC3)c(F)c2)cc1. The van der Waals surface area contributed by atoms with E-state index in [-0.39, 0.29) is 24.1 Å². The number of hydrogen-bond donors (Lipinski definition) is 2. The molecule has 1 aromatic heterocycles. The third kappa shape index (κ3) is 6.48. The quantitative estimate of drug-likeness (QED) is 0.188. The van der Waals surface area contributed by atoms with E-state index in [0.717, 1.165) is 55.2 Å². The molecule has 4 aromatic rings. The Bertz CT molecular complexity index is 2030. The summed E-state index contributed by atoms with van der Waals surface area (Å²) in [5, 5.41) is 9.55. The van der Waals surface area contributed by atoms with Gasteiger partial charge in [0.2, 0.25) is 0 Å². The average molecular weight is 667 g/mol. The van der Waals surface area contributed by atoms with Crippen LogP contribution in [0.3, 0.4) is 0 Å². The van der Waals surface area contributed by atoms with Crippen molar-refractivity contribution in [1.82, 2.24) is 15.0 Å². The number of rotatable bonds is 9. The van der Waals surface area contributed by atoms with Gasteiger partial charge in [0, 0.05) is 23.6 Å². The molecule has 1 saturated carbocycles. The Morgan fingerprint density at radius 2 is 1.90 bits per heavy atom. The number of halogens is 1. The highest BCUT2D eigenvalue weighted by molar-refractivity contribution is 7.79. The number of aromatic nitrogens is 2. The Morgan fingerprint density at radius 3 is 2.60 bits per heavy atom. The number of aryl methyl sites for hydroxylation is 1. The highest BCUT2D eigenvalue weighted by Crippen LogP contribution is 2.38. The van der Waals surface area contributed by atoms with Crippen molar-refractivity contribution in [2.45, 2.75) is 51.5 Å². The van der Waals surface area contributed by atoms with Gasteiger partial charge < -0.3 is 14.4 Å². The molecule has 3 aromatic carbocycles. The summed E-state index contributed by atoms with van der Waals surface area (Å²) >= 11 is -1.78. The molecule has 2 heterocycles. The van der Waals surface area contributed by atoms with E-state index in [0.29, 0.717) is 34.1 Å². The van der Waals surface area contributed by atoms with Crippen molar-refractivity contribution in [3.05, 3.63) is 113 Å². The van der Waals surface area contributed by atoms with Gasteiger partial charge in [-0.05, 0) is 66.3 Å². The molecule has 3 aliphatic rings. The van der Waals surface area contributed by atoms with Gasteiger partial charge in [-0.2, -0.15) is 4.28 Å². The molecule has 7 rings (SSSR count). The number of aromatic carboxylic acids is 1. The van der Waals surface area contributed by atoms with E-state index < -0.39 is 23.1 Å². The van der Waals surface area contributed by atoms with Crippen LogP contribution in [0.4, 0.5) is 4.39 Å². The van der Waals surface area contributed by atoms with E-state index >= 15 is 4.39 Å². The van der Waals surface area contributed by atoms with Gasteiger partial charge in [-0.3, -0.25) is 0 Å². The summed E-state index contributed by atoms with van der Waals surface area (Å²) in [6, 6.07) is 18.3. The highest BCUT2D eigenvalue weighted by Gasteiger charge is 2.25. The van der Waals surface area contributed by atoms with Crippen LogP contribution in [-0.2, 0) is 22.0 Å². The molecule has 2 unspecified atom stereocenters. The van der Waals surface area contributed by atoms with Crippen LogP contribution >= 0.6 is 0 Å². The monoisotopic (exact) mass is 666 g/mol. The summed E-state index contributed by atoms with van der Waals surface area (Å²) in [6.45, 7) is 2.35. The largest absolute Gasteiger partial charge is 0.493 e. The maximum Gasteiger partial charge on any atom is 0.335 e. The Balaban J connectivity index is 1.17. The smallest absolute Gasteiger partial charge is 0.335 e. The molecule has 0 bridgehead atoms. The zero-order valence-corrected chi connectivity index (χ0v) is 27.2. The first kappa shape index (κ1) is 31.7. The van der Waals surface area contributed by atoms with Gasteiger partial charge in [-0.1, -0.05) is 74.8 Å². The number of imidazole rings is 1. The molecule has 1 fully saturated rings. The van der Waals surface area contributed by atoms with Gasteiger partial charge >= 0.3 is 17.2 Å². The lowest BCUT2D eigenvalue weighted by atomic mass is 9.92. The zero-order valence-electron chi connectivity index (χ0n) is 26.4. The fraction of sp³-hybridized carbons (Fsp3) is 0.270. The van der Waals surface area contributed by atoms with E-state index in [2.05, 4.69) is 45.6 Å². The number of ether oxygens (including phenoxy) is 1. The Kier molecular flexibility index (Phi) is 9.05. The normalized spacial score (nSPS) is 19.8. The number of carboxylic acid groups (broad SMARTS) is 1. The number of amidine groups is 1. The number of carboxylic acids is 1. The van der Waals surface area contributed by atoms with Crippen molar-refractivity contribution in [3.8, 4) is 17.1 Å². The summed E-state index contributed by atoms with van der Waals surface area (Å²) in [5.41, 5.74) is 8.39. The van der Waals surface area contributed by atoms with Crippen LogP contribution in [0.1, 0.15) is 66.6 Å². The lowest BCUT2D eigenvalue weighted by molar-refractivity contribution is 0.0697. The molecule has 2 N–H and O–H groups in total. The van der Waals surface area contributed by atoms with E-state index in [9.17, 15) is 14.1 Å². The van der Waals surface area contributed by atoms with Gasteiger partial charge in [-0.15, -0.1) is 4.40 Å². The van der Waals surface area contributed by atoms with E-state index in [1.54, 1.807) is 30.3 Å². The molecule has 48 heavy (non-hydrogen) atoms. The maximum atomic E-state index is 16.0. The summed E-state index contributed by atoms with van der Waals surface area (Å²) in [4.78, 5) is 16.4. The molecule has 0 amide bonds. The predicted octanol–water partition coefficient (Wildman–Crippen LogP) is 7.70. The van der Waals surface area contributed by atoms with Crippen molar-refractivity contribution in [2.24, 2.45) is 10.3 Å². The standard InChI is InChI=1S/C37H35FN4O5S/c1-2-23-8-10-24(11-9-23)30-17-14-25(35-40-47-48(45)41-35)12-13-27(30)22-46-29-16-18-31(32(38)21-29)36-39-33-20-26(37(43)44)15-19-34(33)42(36)28-6-4-3-5-7-28/h8-21,27-28H,2-7,22H2,1H3,(H,40,41)(H,43,44). The summed E-state index contributed by atoms with van der Waals surface area (Å²) in [7, 11) is 0. The fourth-order valence-corrected chi connectivity index (χ4v) is 7.09. The van der Waals surface area contributed by atoms with E-state index in [1.807, 2.05) is 24.3 Å². The third-order valence-electron chi connectivity index (χ3n) is 9.18. The molecular formula is C37H35FN4O5S. The summed E-state index contributed by atoms with van der Waals surface area (Å²) in [5.74, 6) is -0.451. The number of fused-ring (bicyclic) bond motifs is 1. The van der Waals surface area contributed by atoms with Crippen LogP contribution in [0, 0.1) is 11.7 Å². The predicted molar refractivity (Wildman–Crippen MR) is 184 cm³/mol. The molecule has 246 valence electrons. The number of nitrogens with one attached hydrogen (secondary N) is 1. The number of carbonyl (C=O) groups is 1. The molecular weight excluding hydrogens is 631 g/mol. The second kappa shape index (κ2) is 13.7. The number of nitrogens with zero attached hydrogens (tertiary/aromatic N) is 3. The summed E-state index contributed by atoms with van der Waals surface area (Å²) in [6.07, 6.45) is 13.9. The first-order valence-electron chi connectivity index (χ1n) is 16.2. The van der Waals surface area contributed by atoms with Crippen LogP contribution in [0.2, 0.25) is 0 Å². The highest BCUT2D eigenvalue weighted by atomic mass is 32.2. The minimum Gasteiger partial charge on any atom is -0.493 e. The minimum atomic E-state index is -1.78. The second-order valence-corrected chi connectivity index (χ2v) is 12.9. The van der Waals surface area contributed by atoms with Crippen LogP contribution in [-0.4, -0.2) is 37.3 Å². The van der Waals surface area contributed by atoms with Gasteiger partial charge in [-0.25, -0.2) is 23.9 Å². The third-order valence-corrected chi connectivity index (χ3v) is 9.74. The van der Waals surface area contributed by atoms with Crippen LogP contribution in [0.25, 0.3) is 28.0 Å². The molecule has 9 nitrogen and oxygen atoms in total. The van der Waals surface area contributed by atoms with Crippen molar-refractivity contribution < 1.29 is 27.5 Å². The summed E-state index contributed by atoms with van der Waals surface area (Å²) < 4.78 is 44.9. The van der Waals surface area contributed by atoms with Crippen molar-refractivity contribution in [2.75, 3.05) is 6.61 Å². The maximum absolute atomic E-state index is 16.0. The Hall–Kier alpha value is -4.87. The molecule has 2 atom stereocenters. The van der Waals surface area contributed by atoms with Gasteiger partial charge in [0.05, 0.1) is 28.8 Å². The molecule has 0 saturated heterocycles. The van der Waals surface area contributed by atoms with Gasteiger partial charge in [0.1, 0.15) is 17.4 Å². The number of allylic oxidation sites excluding steroid dienone is 2. The molecule has 2 aliphatic carbocycles.